The van der Waals surface area contributed by atoms with Crippen molar-refractivity contribution in [2.75, 3.05) is 13.2 Å². The van der Waals surface area contributed by atoms with Crippen LogP contribution >= 0.6 is 0 Å². The Morgan fingerprint density at radius 2 is 0.705 bits per heavy atom. The molecule has 0 unspecified atom stereocenters. The smallest absolute Gasteiger partial charge is 0.336 e. The molecule has 10 heteroatoms. The quantitative estimate of drug-likeness (QED) is 0.0722. The van der Waals surface area contributed by atoms with Crippen molar-refractivity contribution in [1.29, 1.82) is 0 Å². The lowest BCUT2D eigenvalue weighted by molar-refractivity contribution is 0.0651. The number of rotatable bonds is 20. The highest BCUT2D eigenvalue weighted by atomic mass is 16.5. The number of ether oxygens (including phenoxy) is 2. The Labute approximate surface area is 256 Å². The second kappa shape index (κ2) is 16.5. The molecule has 0 aliphatic rings. The first-order chi connectivity index (χ1) is 21.1. The van der Waals surface area contributed by atoms with E-state index in [2.05, 4.69) is 13.8 Å². The van der Waals surface area contributed by atoms with Crippen LogP contribution in [0.15, 0.2) is 24.3 Å². The van der Waals surface area contributed by atoms with Gasteiger partial charge >= 0.3 is 23.9 Å². The minimum atomic E-state index is -1.45. The Morgan fingerprint density at radius 1 is 0.455 bits per heavy atom. The molecular weight excluding hydrogens is 568 g/mol. The van der Waals surface area contributed by atoms with Gasteiger partial charge in [-0.2, -0.15) is 0 Å². The maximum atomic E-state index is 12.1. The van der Waals surface area contributed by atoms with Crippen LogP contribution in [0.3, 0.4) is 0 Å². The Balaban J connectivity index is 2.24. The number of hydrogen-bond donors (Lipinski definition) is 4. The van der Waals surface area contributed by atoms with Crippen LogP contribution in [0, 0.1) is 0 Å². The molecule has 3 aromatic rings. The molecule has 238 valence electrons. The number of unbranched alkanes of at least 4 members (excludes halogenated alkanes) is 10. The first kappa shape index (κ1) is 34.2. The van der Waals surface area contributed by atoms with Crippen molar-refractivity contribution in [3.8, 4) is 11.5 Å². The highest BCUT2D eigenvalue weighted by Crippen LogP contribution is 2.45. The lowest BCUT2D eigenvalue weighted by atomic mass is 9.93. The van der Waals surface area contributed by atoms with Crippen molar-refractivity contribution < 1.29 is 49.1 Å². The molecule has 0 fully saturated rings. The molecule has 0 heterocycles. The molecule has 4 N–H and O–H groups in total. The summed E-state index contributed by atoms with van der Waals surface area (Å²) in [6.45, 7) is 4.73. The predicted molar refractivity (Wildman–Crippen MR) is 167 cm³/mol. The largest absolute Gasteiger partial charge is 0.492 e. The van der Waals surface area contributed by atoms with Gasteiger partial charge in [-0.3, -0.25) is 0 Å². The van der Waals surface area contributed by atoms with E-state index >= 15 is 0 Å². The van der Waals surface area contributed by atoms with Gasteiger partial charge in [0.15, 0.2) is 0 Å². The van der Waals surface area contributed by atoms with Gasteiger partial charge < -0.3 is 29.9 Å². The Morgan fingerprint density at radius 3 is 0.955 bits per heavy atom. The molecule has 44 heavy (non-hydrogen) atoms. The van der Waals surface area contributed by atoms with E-state index in [9.17, 15) is 39.6 Å². The summed E-state index contributed by atoms with van der Waals surface area (Å²) in [6.07, 6.45) is 11.8. The second-order valence-corrected chi connectivity index (χ2v) is 11.0. The molecule has 3 aromatic carbocycles. The number of carboxylic acid groups (broad SMARTS) is 4. The molecule has 0 spiro atoms. The lowest BCUT2D eigenvalue weighted by Crippen LogP contribution is -2.11. The van der Waals surface area contributed by atoms with Gasteiger partial charge in [-0.1, -0.05) is 78.1 Å². The molecule has 3 rings (SSSR count). The maximum Gasteiger partial charge on any atom is 0.336 e. The third kappa shape index (κ3) is 8.39. The predicted octanol–water partition coefficient (Wildman–Crippen LogP) is 8.26. The summed E-state index contributed by atoms with van der Waals surface area (Å²) in [5.74, 6) is -5.51. The second-order valence-electron chi connectivity index (χ2n) is 11.0. The highest BCUT2D eigenvalue weighted by molar-refractivity contribution is 6.18. The standard InChI is InChI=1S/C34H42O10/c1-3-5-7-9-11-13-15-43-29-21-17-25(31(35)36)27(33(39)40)19-23(21)30(44-16-14-12-10-8-6-4-2)24-20-28(34(41)42)26(32(37)38)18-22(24)29/h17-20H,3-16H2,1-2H3,(H,35,36)(H,37,38)(H,39,40)(H,41,42). The van der Waals surface area contributed by atoms with Crippen molar-refractivity contribution >= 4 is 45.4 Å². The molecule has 0 bridgehead atoms. The summed E-state index contributed by atoms with van der Waals surface area (Å²) >= 11 is 0. The highest BCUT2D eigenvalue weighted by Gasteiger charge is 2.26. The van der Waals surface area contributed by atoms with Gasteiger partial charge in [0.2, 0.25) is 0 Å². The molecule has 0 atom stereocenters. The van der Waals surface area contributed by atoms with Crippen LogP contribution in [0.1, 0.15) is 132 Å². The van der Waals surface area contributed by atoms with E-state index in [1.54, 1.807) is 0 Å². The Bertz CT molecular complexity index is 1300. The van der Waals surface area contributed by atoms with Crippen LogP contribution in [-0.4, -0.2) is 57.5 Å². The van der Waals surface area contributed by atoms with Crippen LogP contribution in [0.25, 0.3) is 21.5 Å². The van der Waals surface area contributed by atoms with Crippen molar-refractivity contribution in [3.05, 3.63) is 46.5 Å². The van der Waals surface area contributed by atoms with Crippen molar-refractivity contribution in [2.24, 2.45) is 0 Å². The van der Waals surface area contributed by atoms with Crippen LogP contribution in [-0.2, 0) is 0 Å². The fourth-order valence-corrected chi connectivity index (χ4v) is 5.37. The topological polar surface area (TPSA) is 168 Å². The number of aromatic carboxylic acids is 4. The van der Waals surface area contributed by atoms with Gasteiger partial charge in [0.1, 0.15) is 11.5 Å². The fraction of sp³-hybridized carbons (Fsp3) is 0.471. The zero-order valence-corrected chi connectivity index (χ0v) is 25.4. The van der Waals surface area contributed by atoms with E-state index in [0.717, 1.165) is 64.2 Å². The monoisotopic (exact) mass is 610 g/mol. The Kier molecular flexibility index (Phi) is 12.8. The molecule has 0 aliphatic heterocycles. The number of carboxylic acids is 4. The van der Waals surface area contributed by atoms with Crippen molar-refractivity contribution in [1.82, 2.24) is 0 Å². The van der Waals surface area contributed by atoms with E-state index < -0.39 is 46.1 Å². The van der Waals surface area contributed by atoms with Crippen molar-refractivity contribution in [2.45, 2.75) is 90.9 Å². The lowest BCUT2D eigenvalue weighted by Gasteiger charge is -2.20. The molecule has 0 aliphatic carbocycles. The van der Waals surface area contributed by atoms with E-state index in [1.165, 1.54) is 24.3 Å². The van der Waals surface area contributed by atoms with Gasteiger partial charge in [-0.05, 0) is 37.1 Å². The summed E-state index contributed by atoms with van der Waals surface area (Å²) in [7, 11) is 0. The minimum Gasteiger partial charge on any atom is -0.492 e. The molecule has 0 amide bonds. The normalized spacial score (nSPS) is 11.1. The van der Waals surface area contributed by atoms with Gasteiger partial charge in [-0.25, -0.2) is 19.2 Å². The first-order valence-corrected chi connectivity index (χ1v) is 15.4. The summed E-state index contributed by atoms with van der Waals surface area (Å²) in [5, 5.41) is 40.4. The summed E-state index contributed by atoms with van der Waals surface area (Å²) in [6, 6.07) is 4.83. The van der Waals surface area contributed by atoms with E-state index in [1.807, 2.05) is 0 Å². The summed E-state index contributed by atoms with van der Waals surface area (Å²) in [4.78, 5) is 48.5. The fourth-order valence-electron chi connectivity index (χ4n) is 5.37. The maximum absolute atomic E-state index is 12.1. The third-order valence-corrected chi connectivity index (χ3v) is 7.70. The van der Waals surface area contributed by atoms with Gasteiger partial charge in [-0.15, -0.1) is 0 Å². The molecule has 0 saturated heterocycles. The van der Waals surface area contributed by atoms with Crippen LogP contribution in [0.4, 0.5) is 0 Å². The average molecular weight is 611 g/mol. The van der Waals surface area contributed by atoms with Crippen LogP contribution in [0.2, 0.25) is 0 Å². The summed E-state index contributed by atoms with van der Waals surface area (Å²) < 4.78 is 12.4. The SMILES string of the molecule is CCCCCCCCOc1c2cc(C(=O)O)c(C(=O)O)cc2c(OCCCCCCCC)c2cc(C(=O)O)c(C(=O)O)cc12. The molecule has 10 nitrogen and oxygen atoms in total. The number of carbonyl (C=O) groups is 4. The molecule has 0 aromatic heterocycles. The van der Waals surface area contributed by atoms with E-state index in [4.69, 9.17) is 9.47 Å². The Hall–Kier alpha value is -4.34. The number of hydrogen-bond acceptors (Lipinski definition) is 6. The zero-order chi connectivity index (χ0) is 32.2. The minimum absolute atomic E-state index is 0.148. The van der Waals surface area contributed by atoms with Crippen LogP contribution < -0.4 is 9.47 Å². The van der Waals surface area contributed by atoms with Gasteiger partial charge in [0.05, 0.1) is 35.5 Å². The summed E-state index contributed by atoms with van der Waals surface area (Å²) in [5.41, 5.74) is -1.85. The van der Waals surface area contributed by atoms with E-state index in [0.29, 0.717) is 12.8 Å². The van der Waals surface area contributed by atoms with Crippen LogP contribution in [0.5, 0.6) is 11.5 Å². The van der Waals surface area contributed by atoms with Gasteiger partial charge in [0, 0.05) is 21.5 Å². The average Bonchev–Trinajstić information content (AvgIpc) is 2.99. The molecular formula is C34H42O10. The number of benzene rings is 3. The zero-order valence-electron chi connectivity index (χ0n) is 25.4. The van der Waals surface area contributed by atoms with E-state index in [-0.39, 0.29) is 46.3 Å². The number of fused-ring (bicyclic) bond motifs is 2. The first-order valence-electron chi connectivity index (χ1n) is 15.4. The third-order valence-electron chi connectivity index (χ3n) is 7.70. The van der Waals surface area contributed by atoms with Gasteiger partial charge in [0.25, 0.3) is 0 Å². The molecule has 0 saturated carbocycles. The molecule has 0 radical (unpaired) electrons. The van der Waals surface area contributed by atoms with Crippen molar-refractivity contribution in [3.63, 3.8) is 0 Å².